The third-order valence-corrected chi connectivity index (χ3v) is 3.32. The summed E-state index contributed by atoms with van der Waals surface area (Å²) in [6.07, 6.45) is 0.918. The fourth-order valence-electron chi connectivity index (χ4n) is 2.01. The highest BCUT2D eigenvalue weighted by Gasteiger charge is 2.08. The van der Waals surface area contributed by atoms with E-state index in [2.05, 4.69) is 53.3 Å². The zero-order valence-electron chi connectivity index (χ0n) is 10.7. The molecule has 2 rings (SSSR count). The van der Waals surface area contributed by atoms with Gasteiger partial charge >= 0.3 is 0 Å². The molecule has 1 unspecified atom stereocenters. The zero-order chi connectivity index (χ0) is 13.0. The molecule has 0 saturated carbocycles. The van der Waals surface area contributed by atoms with Crippen LogP contribution in [0.25, 0.3) is 11.3 Å². The average Bonchev–Trinajstić information content (AvgIpc) is 2.78. The molecular weight excluding hydrogens is 290 g/mol. The van der Waals surface area contributed by atoms with Crippen molar-refractivity contribution in [1.82, 2.24) is 5.32 Å². The van der Waals surface area contributed by atoms with Crippen LogP contribution in [0.3, 0.4) is 0 Å². The number of nitrogens with one attached hydrogen (secondary N) is 1. The molecule has 2 aromatic rings. The van der Waals surface area contributed by atoms with E-state index in [1.807, 2.05) is 18.2 Å². The Hall–Kier alpha value is -1.06. The number of benzene rings is 1. The second-order valence-corrected chi connectivity index (χ2v) is 5.35. The molecule has 0 radical (unpaired) electrons. The van der Waals surface area contributed by atoms with Crippen molar-refractivity contribution >= 4 is 15.9 Å². The summed E-state index contributed by atoms with van der Waals surface area (Å²) >= 11 is 3.48. The van der Waals surface area contributed by atoms with Crippen molar-refractivity contribution in [2.24, 2.45) is 0 Å². The second kappa shape index (κ2) is 6.21. The van der Waals surface area contributed by atoms with Gasteiger partial charge in [0, 0.05) is 22.5 Å². The molecule has 18 heavy (non-hydrogen) atoms. The molecule has 96 valence electrons. The maximum atomic E-state index is 5.88. The maximum absolute atomic E-state index is 5.88. The van der Waals surface area contributed by atoms with Crippen molar-refractivity contribution in [2.75, 3.05) is 6.54 Å². The van der Waals surface area contributed by atoms with Gasteiger partial charge in [-0.05, 0) is 37.7 Å². The third-order valence-electron chi connectivity index (χ3n) is 2.83. The number of rotatable bonds is 5. The van der Waals surface area contributed by atoms with Gasteiger partial charge in [0.2, 0.25) is 0 Å². The monoisotopic (exact) mass is 307 g/mol. The lowest BCUT2D eigenvalue weighted by Crippen LogP contribution is -2.27. The first-order valence-electron chi connectivity index (χ1n) is 6.27. The predicted molar refractivity (Wildman–Crippen MR) is 78.7 cm³/mol. The van der Waals surface area contributed by atoms with E-state index in [0.29, 0.717) is 6.04 Å². The molecule has 1 atom stereocenters. The lowest BCUT2D eigenvalue weighted by atomic mass is 10.2. The molecule has 3 heteroatoms. The Morgan fingerprint density at radius 1 is 1.28 bits per heavy atom. The standard InChI is InChI=1S/C15H18BrNO/c1-3-17-11(2)9-14-7-8-15(18-14)12-5-4-6-13(16)10-12/h4-8,10-11,17H,3,9H2,1-2H3. The molecule has 1 aromatic heterocycles. The van der Waals surface area contributed by atoms with Gasteiger partial charge < -0.3 is 9.73 Å². The van der Waals surface area contributed by atoms with Gasteiger partial charge in [-0.3, -0.25) is 0 Å². The number of hydrogen-bond acceptors (Lipinski definition) is 2. The van der Waals surface area contributed by atoms with Crippen LogP contribution in [0, 0.1) is 0 Å². The quantitative estimate of drug-likeness (QED) is 0.893. The van der Waals surface area contributed by atoms with Crippen LogP contribution < -0.4 is 5.32 Å². The molecule has 1 aromatic carbocycles. The summed E-state index contributed by atoms with van der Waals surface area (Å²) in [6.45, 7) is 5.27. The molecule has 0 fully saturated rings. The Labute approximate surface area is 117 Å². The molecule has 1 heterocycles. The number of hydrogen-bond donors (Lipinski definition) is 1. The molecule has 0 aliphatic rings. The van der Waals surface area contributed by atoms with Crippen molar-refractivity contribution in [3.63, 3.8) is 0 Å². The highest BCUT2D eigenvalue weighted by atomic mass is 79.9. The SMILES string of the molecule is CCNC(C)Cc1ccc(-c2cccc(Br)c2)o1. The molecular formula is C15H18BrNO. The summed E-state index contributed by atoms with van der Waals surface area (Å²) in [5.74, 6) is 1.95. The lowest BCUT2D eigenvalue weighted by Gasteiger charge is -2.09. The highest BCUT2D eigenvalue weighted by Crippen LogP contribution is 2.25. The summed E-state index contributed by atoms with van der Waals surface area (Å²) in [6, 6.07) is 12.7. The Morgan fingerprint density at radius 3 is 2.83 bits per heavy atom. The molecule has 0 aliphatic carbocycles. The summed E-state index contributed by atoms with van der Waals surface area (Å²) in [5.41, 5.74) is 1.10. The first kappa shape index (κ1) is 13.4. The van der Waals surface area contributed by atoms with Crippen molar-refractivity contribution < 1.29 is 4.42 Å². The smallest absolute Gasteiger partial charge is 0.134 e. The Kier molecular flexibility index (Phi) is 4.61. The first-order valence-corrected chi connectivity index (χ1v) is 7.06. The van der Waals surface area contributed by atoms with E-state index in [1.165, 1.54) is 0 Å². The van der Waals surface area contributed by atoms with Crippen LogP contribution in [0.1, 0.15) is 19.6 Å². The molecule has 0 saturated heterocycles. The van der Waals surface area contributed by atoms with Gasteiger partial charge in [-0.15, -0.1) is 0 Å². The van der Waals surface area contributed by atoms with Gasteiger partial charge in [0.25, 0.3) is 0 Å². The van der Waals surface area contributed by atoms with Crippen LogP contribution in [0.2, 0.25) is 0 Å². The second-order valence-electron chi connectivity index (χ2n) is 4.44. The van der Waals surface area contributed by atoms with Gasteiger partial charge in [0.15, 0.2) is 0 Å². The summed E-state index contributed by atoms with van der Waals surface area (Å²) < 4.78 is 6.95. The topological polar surface area (TPSA) is 25.2 Å². The molecule has 0 aliphatic heterocycles. The molecule has 0 spiro atoms. The van der Waals surface area contributed by atoms with E-state index in [4.69, 9.17) is 4.42 Å². The fraction of sp³-hybridized carbons (Fsp3) is 0.333. The van der Waals surface area contributed by atoms with Crippen LogP contribution in [0.4, 0.5) is 0 Å². The molecule has 0 amide bonds. The zero-order valence-corrected chi connectivity index (χ0v) is 12.3. The predicted octanol–water partition coefficient (Wildman–Crippen LogP) is 4.25. The lowest BCUT2D eigenvalue weighted by molar-refractivity contribution is 0.470. The van der Waals surface area contributed by atoms with Crippen molar-refractivity contribution in [3.05, 3.63) is 46.6 Å². The summed E-state index contributed by atoms with van der Waals surface area (Å²) in [5, 5.41) is 3.38. The van der Waals surface area contributed by atoms with Crippen LogP contribution in [0.5, 0.6) is 0 Å². The molecule has 0 bridgehead atoms. The summed E-state index contributed by atoms with van der Waals surface area (Å²) in [7, 11) is 0. The first-order chi connectivity index (χ1) is 8.69. The van der Waals surface area contributed by atoms with Gasteiger partial charge in [-0.25, -0.2) is 0 Å². The van der Waals surface area contributed by atoms with Crippen LogP contribution >= 0.6 is 15.9 Å². The molecule has 2 nitrogen and oxygen atoms in total. The molecule has 1 N–H and O–H groups in total. The van der Waals surface area contributed by atoms with Crippen LogP contribution in [-0.4, -0.2) is 12.6 Å². The van der Waals surface area contributed by atoms with Gasteiger partial charge in [-0.2, -0.15) is 0 Å². The number of likely N-dealkylation sites (N-methyl/N-ethyl adjacent to an activating group) is 1. The van der Waals surface area contributed by atoms with Crippen LogP contribution in [-0.2, 0) is 6.42 Å². The number of furan rings is 1. The van der Waals surface area contributed by atoms with Crippen molar-refractivity contribution in [2.45, 2.75) is 26.3 Å². The minimum absolute atomic E-state index is 0.441. The Bertz CT molecular complexity index is 507. The van der Waals surface area contributed by atoms with Crippen LogP contribution in [0.15, 0.2) is 45.3 Å². The highest BCUT2D eigenvalue weighted by molar-refractivity contribution is 9.10. The van der Waals surface area contributed by atoms with Crippen molar-refractivity contribution in [3.8, 4) is 11.3 Å². The van der Waals surface area contributed by atoms with Crippen molar-refractivity contribution in [1.29, 1.82) is 0 Å². The van der Waals surface area contributed by atoms with E-state index >= 15 is 0 Å². The minimum Gasteiger partial charge on any atom is -0.461 e. The minimum atomic E-state index is 0.441. The van der Waals surface area contributed by atoms with Gasteiger partial charge in [0.05, 0.1) is 0 Å². The van der Waals surface area contributed by atoms with Gasteiger partial charge in [-0.1, -0.05) is 35.0 Å². The largest absolute Gasteiger partial charge is 0.461 e. The van der Waals surface area contributed by atoms with E-state index in [-0.39, 0.29) is 0 Å². The van der Waals surface area contributed by atoms with E-state index in [9.17, 15) is 0 Å². The van der Waals surface area contributed by atoms with Gasteiger partial charge in [0.1, 0.15) is 11.5 Å². The van der Waals surface area contributed by atoms with E-state index in [1.54, 1.807) is 0 Å². The summed E-state index contributed by atoms with van der Waals surface area (Å²) in [4.78, 5) is 0. The normalized spacial score (nSPS) is 12.6. The average molecular weight is 308 g/mol. The van der Waals surface area contributed by atoms with E-state index in [0.717, 1.165) is 34.5 Å². The fourth-order valence-corrected chi connectivity index (χ4v) is 2.41. The van der Waals surface area contributed by atoms with E-state index < -0.39 is 0 Å². The maximum Gasteiger partial charge on any atom is 0.134 e. The third kappa shape index (κ3) is 3.47. The number of halogens is 1. The Morgan fingerprint density at radius 2 is 2.11 bits per heavy atom. The Balaban J connectivity index is 2.10.